The third kappa shape index (κ3) is 4.37. The second kappa shape index (κ2) is 6.40. The highest BCUT2D eigenvalue weighted by atomic mass is 16.2. The van der Waals surface area contributed by atoms with Crippen molar-refractivity contribution in [2.75, 3.05) is 18.9 Å². The maximum absolute atomic E-state index is 11.9. The number of aliphatic hydroxyl groups is 1. The monoisotopic (exact) mass is 250 g/mol. The van der Waals surface area contributed by atoms with Crippen LogP contribution >= 0.6 is 0 Å². The van der Waals surface area contributed by atoms with Crippen LogP contribution in [0.4, 0.5) is 5.69 Å². The van der Waals surface area contributed by atoms with E-state index >= 15 is 0 Å². The van der Waals surface area contributed by atoms with Gasteiger partial charge >= 0.3 is 0 Å². The van der Waals surface area contributed by atoms with Crippen molar-refractivity contribution in [1.82, 2.24) is 5.32 Å². The fourth-order valence-corrected chi connectivity index (χ4v) is 1.76. The zero-order valence-corrected chi connectivity index (χ0v) is 11.1. The topological polar surface area (TPSA) is 75.3 Å². The van der Waals surface area contributed by atoms with Gasteiger partial charge in [0.2, 0.25) is 0 Å². The van der Waals surface area contributed by atoms with Crippen molar-refractivity contribution in [2.24, 2.45) is 5.41 Å². The van der Waals surface area contributed by atoms with Gasteiger partial charge in [-0.05, 0) is 30.4 Å². The molecule has 0 bridgehead atoms. The van der Waals surface area contributed by atoms with Crippen LogP contribution in [-0.2, 0) is 0 Å². The Morgan fingerprint density at radius 2 is 2.06 bits per heavy atom. The molecule has 0 aliphatic carbocycles. The van der Waals surface area contributed by atoms with Gasteiger partial charge in [0.05, 0.1) is 5.56 Å². The summed E-state index contributed by atoms with van der Waals surface area (Å²) in [6, 6.07) is 7.02. The number of nitrogens with one attached hydrogen (secondary N) is 1. The number of para-hydroxylation sites is 1. The molecule has 4 N–H and O–H groups in total. The first-order valence-corrected chi connectivity index (χ1v) is 6.20. The van der Waals surface area contributed by atoms with E-state index in [-0.39, 0.29) is 17.9 Å². The number of amides is 1. The van der Waals surface area contributed by atoms with E-state index in [2.05, 4.69) is 19.2 Å². The number of anilines is 1. The Bertz CT molecular complexity index is 403. The summed E-state index contributed by atoms with van der Waals surface area (Å²) in [7, 11) is 0. The average molecular weight is 250 g/mol. The first kappa shape index (κ1) is 14.5. The first-order chi connectivity index (χ1) is 8.46. The highest BCUT2D eigenvalue weighted by Gasteiger charge is 2.19. The summed E-state index contributed by atoms with van der Waals surface area (Å²) >= 11 is 0. The number of hydrogen-bond donors (Lipinski definition) is 3. The normalized spacial score (nSPS) is 11.3. The Hall–Kier alpha value is -1.55. The molecule has 0 aromatic heterocycles. The van der Waals surface area contributed by atoms with Crippen molar-refractivity contribution in [3.05, 3.63) is 29.8 Å². The Kier molecular flexibility index (Phi) is 5.16. The molecule has 18 heavy (non-hydrogen) atoms. The molecule has 0 radical (unpaired) electrons. The lowest BCUT2D eigenvalue weighted by Gasteiger charge is -2.24. The molecular weight excluding hydrogens is 228 g/mol. The minimum atomic E-state index is -0.148. The molecule has 1 rings (SSSR count). The second-order valence-corrected chi connectivity index (χ2v) is 5.26. The number of nitrogen functional groups attached to an aromatic ring is 1. The highest BCUT2D eigenvalue weighted by molar-refractivity contribution is 5.99. The fourth-order valence-electron chi connectivity index (χ4n) is 1.76. The molecule has 1 aromatic rings. The molecule has 4 heteroatoms. The summed E-state index contributed by atoms with van der Waals surface area (Å²) in [5.41, 5.74) is 6.72. The molecule has 0 saturated carbocycles. The molecule has 100 valence electrons. The molecule has 0 aliphatic heterocycles. The number of benzene rings is 1. The van der Waals surface area contributed by atoms with Crippen molar-refractivity contribution < 1.29 is 9.90 Å². The van der Waals surface area contributed by atoms with Gasteiger partial charge in [0.1, 0.15) is 0 Å². The molecule has 0 unspecified atom stereocenters. The Morgan fingerprint density at radius 3 is 2.67 bits per heavy atom. The van der Waals surface area contributed by atoms with E-state index in [1.807, 2.05) is 0 Å². The van der Waals surface area contributed by atoms with Crippen LogP contribution in [0.25, 0.3) is 0 Å². The average Bonchev–Trinajstić information content (AvgIpc) is 2.34. The summed E-state index contributed by atoms with van der Waals surface area (Å²) in [6.45, 7) is 4.89. The van der Waals surface area contributed by atoms with Gasteiger partial charge in [0.25, 0.3) is 5.91 Å². The van der Waals surface area contributed by atoms with Gasteiger partial charge in [-0.15, -0.1) is 0 Å². The minimum absolute atomic E-state index is 0.0259. The highest BCUT2D eigenvalue weighted by Crippen LogP contribution is 2.21. The maximum Gasteiger partial charge on any atom is 0.253 e. The zero-order chi connectivity index (χ0) is 13.6. The standard InChI is InChI=1S/C14H22N2O2/c1-14(2,8-5-9-17)10-16-13(18)11-6-3-4-7-12(11)15/h3-4,6-7,17H,5,8-10,15H2,1-2H3,(H,16,18). The first-order valence-electron chi connectivity index (χ1n) is 6.20. The number of aliphatic hydroxyl groups excluding tert-OH is 1. The van der Waals surface area contributed by atoms with Gasteiger partial charge in [0, 0.05) is 18.8 Å². The molecule has 0 fully saturated rings. The summed E-state index contributed by atoms with van der Waals surface area (Å²) in [6.07, 6.45) is 1.62. The Morgan fingerprint density at radius 1 is 1.39 bits per heavy atom. The van der Waals surface area contributed by atoms with Crippen molar-refractivity contribution >= 4 is 11.6 Å². The summed E-state index contributed by atoms with van der Waals surface area (Å²) in [5, 5.41) is 11.7. The van der Waals surface area contributed by atoms with Crippen molar-refractivity contribution in [3.8, 4) is 0 Å². The lowest BCUT2D eigenvalue weighted by atomic mass is 9.88. The van der Waals surface area contributed by atoms with Crippen molar-refractivity contribution in [1.29, 1.82) is 0 Å². The van der Waals surface area contributed by atoms with Gasteiger partial charge < -0.3 is 16.2 Å². The van der Waals surface area contributed by atoms with E-state index in [0.717, 1.165) is 12.8 Å². The van der Waals surface area contributed by atoms with E-state index in [0.29, 0.717) is 17.8 Å². The van der Waals surface area contributed by atoms with Gasteiger partial charge in [-0.2, -0.15) is 0 Å². The second-order valence-electron chi connectivity index (χ2n) is 5.26. The smallest absolute Gasteiger partial charge is 0.253 e. The number of nitrogens with two attached hydrogens (primary N) is 1. The van der Waals surface area contributed by atoms with Gasteiger partial charge in [-0.25, -0.2) is 0 Å². The lowest BCUT2D eigenvalue weighted by molar-refractivity contribution is 0.0934. The van der Waals surface area contributed by atoms with Crippen LogP contribution in [0.5, 0.6) is 0 Å². The van der Waals surface area contributed by atoms with Crippen LogP contribution < -0.4 is 11.1 Å². The van der Waals surface area contributed by atoms with Gasteiger partial charge in [-0.1, -0.05) is 26.0 Å². The van der Waals surface area contributed by atoms with Crippen molar-refractivity contribution in [3.63, 3.8) is 0 Å². The molecule has 1 aromatic carbocycles. The maximum atomic E-state index is 11.9. The molecule has 0 atom stereocenters. The van der Waals surface area contributed by atoms with Crippen LogP contribution in [0.2, 0.25) is 0 Å². The molecule has 1 amide bonds. The third-order valence-corrected chi connectivity index (χ3v) is 2.94. The number of rotatable bonds is 6. The summed E-state index contributed by atoms with van der Waals surface area (Å²) in [4.78, 5) is 11.9. The number of hydrogen-bond acceptors (Lipinski definition) is 3. The molecular formula is C14H22N2O2. The van der Waals surface area contributed by atoms with Crippen LogP contribution in [0, 0.1) is 5.41 Å². The van der Waals surface area contributed by atoms with Crippen LogP contribution in [0.1, 0.15) is 37.0 Å². The van der Waals surface area contributed by atoms with E-state index in [1.54, 1.807) is 24.3 Å². The number of carbonyl (C=O) groups is 1. The summed E-state index contributed by atoms with van der Waals surface area (Å²) in [5.74, 6) is -0.148. The largest absolute Gasteiger partial charge is 0.398 e. The van der Waals surface area contributed by atoms with E-state index in [9.17, 15) is 4.79 Å². The van der Waals surface area contributed by atoms with E-state index < -0.39 is 0 Å². The molecule has 0 aliphatic rings. The quantitative estimate of drug-likeness (QED) is 0.674. The van der Waals surface area contributed by atoms with Gasteiger partial charge in [-0.3, -0.25) is 4.79 Å². The molecule has 0 saturated heterocycles. The molecule has 4 nitrogen and oxygen atoms in total. The fraction of sp³-hybridized carbons (Fsp3) is 0.500. The third-order valence-electron chi connectivity index (χ3n) is 2.94. The Balaban J connectivity index is 2.54. The summed E-state index contributed by atoms with van der Waals surface area (Å²) < 4.78 is 0. The van der Waals surface area contributed by atoms with Crippen LogP contribution in [0.15, 0.2) is 24.3 Å². The van der Waals surface area contributed by atoms with Gasteiger partial charge in [0.15, 0.2) is 0 Å². The zero-order valence-electron chi connectivity index (χ0n) is 11.1. The predicted molar refractivity (Wildman–Crippen MR) is 73.3 cm³/mol. The molecule has 0 spiro atoms. The number of carbonyl (C=O) groups excluding carboxylic acids is 1. The molecule has 0 heterocycles. The lowest BCUT2D eigenvalue weighted by Crippen LogP contribution is -2.34. The SMILES string of the molecule is CC(C)(CCCO)CNC(=O)c1ccccc1N. The predicted octanol–water partition coefficient (Wildman–Crippen LogP) is 1.80. The van der Waals surface area contributed by atoms with Crippen molar-refractivity contribution in [2.45, 2.75) is 26.7 Å². The van der Waals surface area contributed by atoms with Crippen LogP contribution in [-0.4, -0.2) is 24.2 Å². The van der Waals surface area contributed by atoms with E-state index in [4.69, 9.17) is 10.8 Å². The van der Waals surface area contributed by atoms with E-state index in [1.165, 1.54) is 0 Å². The Labute approximate surface area is 108 Å². The minimum Gasteiger partial charge on any atom is -0.398 e. The van der Waals surface area contributed by atoms with Crippen LogP contribution in [0.3, 0.4) is 0 Å².